The van der Waals surface area contributed by atoms with Gasteiger partial charge in [0, 0.05) is 6.42 Å². The van der Waals surface area contributed by atoms with E-state index in [1.807, 2.05) is 48.3 Å². The second-order valence-corrected chi connectivity index (χ2v) is 8.52. The Kier molecular flexibility index (Phi) is 8.56. The molecule has 0 saturated carbocycles. The second kappa shape index (κ2) is 10.9. The van der Waals surface area contributed by atoms with Crippen LogP contribution in [0.5, 0.6) is 11.5 Å². The molecule has 0 spiro atoms. The minimum Gasteiger partial charge on any atom is -0.415 e. The molecule has 0 atom stereocenters. The van der Waals surface area contributed by atoms with Gasteiger partial charge in [0.1, 0.15) is 23.6 Å². The van der Waals surface area contributed by atoms with Gasteiger partial charge < -0.3 is 13.8 Å². The molecule has 6 heteroatoms. The molecule has 5 nitrogen and oxygen atoms in total. The van der Waals surface area contributed by atoms with Gasteiger partial charge in [0.25, 0.3) is 0 Å². The molecule has 0 unspecified atom stereocenters. The molecule has 0 aliphatic heterocycles. The van der Waals surface area contributed by atoms with Crippen molar-refractivity contribution < 1.29 is 18.4 Å². The molecular formula is C21H28NO4P. The summed E-state index contributed by atoms with van der Waals surface area (Å²) in [6.45, 7) is 2.38. The van der Waals surface area contributed by atoms with Gasteiger partial charge in [0.2, 0.25) is 0 Å². The van der Waals surface area contributed by atoms with Crippen molar-refractivity contribution in [3.8, 4) is 11.5 Å². The molecule has 2 aromatic rings. The highest BCUT2D eigenvalue weighted by atomic mass is 31.2. The summed E-state index contributed by atoms with van der Waals surface area (Å²) in [5, 5.41) is 0. The highest BCUT2D eigenvalue weighted by Crippen LogP contribution is 2.48. The maximum absolute atomic E-state index is 13.4. The first kappa shape index (κ1) is 21.2. The highest BCUT2D eigenvalue weighted by Gasteiger charge is 2.30. The summed E-state index contributed by atoms with van der Waals surface area (Å²) in [7, 11) is -1.52. The molecule has 0 N–H and O–H groups in total. The monoisotopic (exact) mass is 389 g/mol. The number of unbranched alkanes of at least 4 members (excludes halogenated alkanes) is 2. The topological polar surface area (TPSA) is 55.8 Å². The summed E-state index contributed by atoms with van der Waals surface area (Å²) in [4.78, 5) is 13.0. The number of Topliss-reactive ketones (excluding diaryl/α,β-unsaturated/α-hetero) is 1. The lowest BCUT2D eigenvalue weighted by Gasteiger charge is -2.25. The summed E-state index contributed by atoms with van der Waals surface area (Å²) in [5.41, 5.74) is 0. The van der Waals surface area contributed by atoms with E-state index in [4.69, 9.17) is 9.05 Å². The lowest BCUT2D eigenvalue weighted by molar-refractivity contribution is -0.117. The van der Waals surface area contributed by atoms with Crippen LogP contribution in [0.15, 0.2) is 60.7 Å². The van der Waals surface area contributed by atoms with Gasteiger partial charge in [0.15, 0.2) is 0 Å². The van der Waals surface area contributed by atoms with E-state index in [0.29, 0.717) is 17.9 Å². The molecule has 0 aromatic heterocycles. The molecule has 0 bridgehead atoms. The Morgan fingerprint density at radius 2 is 1.41 bits per heavy atom. The van der Waals surface area contributed by atoms with Crippen molar-refractivity contribution in [2.75, 3.05) is 19.9 Å². The lowest BCUT2D eigenvalue weighted by atomic mass is 10.1. The van der Waals surface area contributed by atoms with E-state index in [0.717, 1.165) is 25.8 Å². The Balaban J connectivity index is 1.96. The summed E-state index contributed by atoms with van der Waals surface area (Å²) < 4.78 is 25.0. The number of ketones is 1. The number of carbonyl (C=O) groups excluding carboxylic acids is 1. The normalized spacial score (nSPS) is 11.4. The number of rotatable bonds is 12. The van der Waals surface area contributed by atoms with Gasteiger partial charge >= 0.3 is 7.60 Å². The highest BCUT2D eigenvalue weighted by molar-refractivity contribution is 7.54. The number of hydrogen-bond acceptors (Lipinski definition) is 5. The molecule has 0 radical (unpaired) electrons. The van der Waals surface area contributed by atoms with E-state index in [1.165, 1.54) is 0 Å². The fourth-order valence-corrected chi connectivity index (χ4v) is 4.43. The molecular weight excluding hydrogens is 361 g/mol. The Labute approximate surface area is 161 Å². The fourth-order valence-electron chi connectivity index (χ4n) is 2.66. The third kappa shape index (κ3) is 8.42. The predicted octanol–water partition coefficient (Wildman–Crippen LogP) is 5.38. The van der Waals surface area contributed by atoms with Gasteiger partial charge in [-0.2, -0.15) is 0 Å². The molecule has 0 aliphatic rings. The minimum absolute atomic E-state index is 0.184. The number of para-hydroxylation sites is 2. The standard InChI is InChI=1S/C21H28NO4P/c1-19(23)12-6-5-11-17-22(2)18-27(24,25-20-13-7-3-8-14-20)26-21-15-9-4-10-16-21/h3-4,7-10,13-16H,5-6,11-12,17-18H2,1-2H3. The van der Waals surface area contributed by atoms with E-state index < -0.39 is 7.60 Å². The van der Waals surface area contributed by atoms with Crippen LogP contribution in [-0.2, 0) is 9.36 Å². The second-order valence-electron chi connectivity index (χ2n) is 6.65. The van der Waals surface area contributed by atoms with Crippen molar-refractivity contribution in [1.82, 2.24) is 4.90 Å². The first-order valence-corrected chi connectivity index (χ1v) is 11.0. The van der Waals surface area contributed by atoms with Gasteiger partial charge in [-0.1, -0.05) is 42.8 Å². The number of benzene rings is 2. The quantitative estimate of drug-likeness (QED) is 0.360. The first-order chi connectivity index (χ1) is 13.0. The van der Waals surface area contributed by atoms with E-state index >= 15 is 0 Å². The van der Waals surface area contributed by atoms with Crippen molar-refractivity contribution in [2.24, 2.45) is 0 Å². The van der Waals surface area contributed by atoms with Gasteiger partial charge in [-0.05, 0) is 57.6 Å². The third-order valence-electron chi connectivity index (χ3n) is 3.96. The first-order valence-electron chi connectivity index (χ1n) is 9.23. The van der Waals surface area contributed by atoms with Gasteiger partial charge in [0.05, 0.1) is 0 Å². The molecule has 0 aliphatic carbocycles. The smallest absolute Gasteiger partial charge is 0.415 e. The molecule has 0 heterocycles. The zero-order valence-corrected chi connectivity index (χ0v) is 16.9. The van der Waals surface area contributed by atoms with Crippen LogP contribution in [-0.4, -0.2) is 30.6 Å². The van der Waals surface area contributed by atoms with E-state index in [2.05, 4.69) is 0 Å². The van der Waals surface area contributed by atoms with Crippen LogP contribution >= 0.6 is 7.60 Å². The van der Waals surface area contributed by atoms with Crippen molar-refractivity contribution >= 4 is 13.4 Å². The lowest BCUT2D eigenvalue weighted by Crippen LogP contribution is -2.24. The number of carbonyl (C=O) groups is 1. The van der Waals surface area contributed by atoms with Crippen molar-refractivity contribution in [2.45, 2.75) is 32.6 Å². The summed E-state index contributed by atoms with van der Waals surface area (Å²) in [6.07, 6.45) is 3.59. The molecule has 2 aromatic carbocycles. The van der Waals surface area contributed by atoms with Crippen molar-refractivity contribution in [3.05, 3.63) is 60.7 Å². The molecule has 0 fully saturated rings. The van der Waals surface area contributed by atoms with Crippen LogP contribution in [0, 0.1) is 0 Å². The minimum atomic E-state index is -3.42. The summed E-state index contributed by atoms with van der Waals surface area (Å²) in [5.74, 6) is 1.26. The van der Waals surface area contributed by atoms with Crippen LogP contribution in [0.25, 0.3) is 0 Å². The average molecular weight is 389 g/mol. The molecule has 146 valence electrons. The van der Waals surface area contributed by atoms with Gasteiger partial charge in [-0.3, -0.25) is 4.90 Å². The molecule has 0 saturated heterocycles. The zero-order chi connectivity index (χ0) is 19.5. The SMILES string of the molecule is CC(=O)CCCCCN(C)CP(=O)(Oc1ccccc1)Oc1ccccc1. The fraction of sp³-hybridized carbons (Fsp3) is 0.381. The average Bonchev–Trinajstić information content (AvgIpc) is 2.62. The van der Waals surface area contributed by atoms with Crippen LogP contribution in [0.4, 0.5) is 0 Å². The summed E-state index contributed by atoms with van der Waals surface area (Å²) >= 11 is 0. The van der Waals surface area contributed by atoms with Crippen LogP contribution in [0.3, 0.4) is 0 Å². The Hall–Kier alpha value is -2.10. The summed E-state index contributed by atoms with van der Waals surface area (Å²) in [6, 6.07) is 18.2. The Morgan fingerprint density at radius 1 is 0.889 bits per heavy atom. The Morgan fingerprint density at radius 3 is 1.89 bits per heavy atom. The molecule has 2 rings (SSSR count). The van der Waals surface area contributed by atoms with Crippen LogP contribution in [0.1, 0.15) is 32.6 Å². The van der Waals surface area contributed by atoms with Gasteiger partial charge in [-0.15, -0.1) is 0 Å². The molecule has 0 amide bonds. The molecule has 27 heavy (non-hydrogen) atoms. The largest absolute Gasteiger partial charge is 0.444 e. The third-order valence-corrected chi connectivity index (χ3v) is 5.77. The maximum Gasteiger partial charge on any atom is 0.444 e. The van der Waals surface area contributed by atoms with E-state index in [-0.39, 0.29) is 12.1 Å². The zero-order valence-electron chi connectivity index (χ0n) is 16.0. The van der Waals surface area contributed by atoms with Gasteiger partial charge in [-0.25, -0.2) is 4.57 Å². The van der Waals surface area contributed by atoms with E-state index in [9.17, 15) is 9.36 Å². The van der Waals surface area contributed by atoms with Crippen molar-refractivity contribution in [3.63, 3.8) is 0 Å². The van der Waals surface area contributed by atoms with Crippen LogP contribution in [0.2, 0.25) is 0 Å². The van der Waals surface area contributed by atoms with Crippen LogP contribution < -0.4 is 9.05 Å². The van der Waals surface area contributed by atoms with E-state index in [1.54, 1.807) is 31.2 Å². The number of hydrogen-bond donors (Lipinski definition) is 0. The maximum atomic E-state index is 13.4. The Bertz CT molecular complexity index is 691. The van der Waals surface area contributed by atoms with Crippen molar-refractivity contribution in [1.29, 1.82) is 0 Å². The number of nitrogens with zero attached hydrogens (tertiary/aromatic N) is 1. The predicted molar refractivity (Wildman–Crippen MR) is 108 cm³/mol.